The molecule has 0 amide bonds. The maximum atomic E-state index is 8.45. The second-order valence-electron chi connectivity index (χ2n) is 7.87. The lowest BCUT2D eigenvalue weighted by molar-refractivity contribution is 0.277. The van der Waals surface area contributed by atoms with Gasteiger partial charge in [-0.15, -0.1) is 0 Å². The second-order valence-corrected chi connectivity index (χ2v) is 7.87. The Bertz CT molecular complexity index is 953. The SMILES string of the molecule is C=C/C=C(\C)C(=N)c1cc(-c2ccc3c(c2)CCN(C2CC2)CC3)cnc1N. The zero-order valence-electron chi connectivity index (χ0n) is 16.5. The van der Waals surface area contributed by atoms with Gasteiger partial charge in [0.2, 0.25) is 0 Å². The van der Waals surface area contributed by atoms with Gasteiger partial charge >= 0.3 is 0 Å². The molecule has 4 rings (SSSR count). The van der Waals surface area contributed by atoms with E-state index in [1.165, 1.54) is 30.5 Å². The Hall–Kier alpha value is -2.72. The first-order valence-electron chi connectivity index (χ1n) is 10.1. The van der Waals surface area contributed by atoms with Crippen LogP contribution in [0.15, 0.2) is 54.8 Å². The second kappa shape index (κ2) is 7.72. The molecule has 144 valence electrons. The first kappa shape index (κ1) is 18.6. The highest BCUT2D eigenvalue weighted by molar-refractivity contribution is 6.13. The normalized spacial score (nSPS) is 17.7. The molecule has 2 aliphatic rings. The molecule has 0 bridgehead atoms. The van der Waals surface area contributed by atoms with Crippen LogP contribution in [0.25, 0.3) is 11.1 Å². The number of benzene rings is 1. The summed E-state index contributed by atoms with van der Waals surface area (Å²) in [4.78, 5) is 7.02. The summed E-state index contributed by atoms with van der Waals surface area (Å²) in [6.45, 7) is 7.94. The van der Waals surface area contributed by atoms with Crippen LogP contribution in [-0.2, 0) is 12.8 Å². The molecular weight excluding hydrogens is 344 g/mol. The third-order valence-corrected chi connectivity index (χ3v) is 5.89. The highest BCUT2D eigenvalue weighted by Crippen LogP contribution is 2.31. The number of hydrogen-bond donors (Lipinski definition) is 2. The van der Waals surface area contributed by atoms with E-state index in [1.54, 1.807) is 6.08 Å². The average molecular weight is 373 g/mol. The van der Waals surface area contributed by atoms with Gasteiger partial charge in [-0.05, 0) is 60.9 Å². The van der Waals surface area contributed by atoms with Gasteiger partial charge in [0, 0.05) is 36.5 Å². The highest BCUT2D eigenvalue weighted by atomic mass is 15.2. The molecule has 1 aromatic carbocycles. The fraction of sp³-hybridized carbons (Fsp3) is 0.333. The van der Waals surface area contributed by atoms with Crippen molar-refractivity contribution in [3.05, 3.63) is 71.5 Å². The minimum atomic E-state index is 0.389. The van der Waals surface area contributed by atoms with E-state index in [0.29, 0.717) is 17.1 Å². The quantitative estimate of drug-likeness (QED) is 0.604. The van der Waals surface area contributed by atoms with E-state index >= 15 is 0 Å². The van der Waals surface area contributed by atoms with E-state index in [-0.39, 0.29) is 0 Å². The lowest BCUT2D eigenvalue weighted by atomic mass is 9.95. The summed E-state index contributed by atoms with van der Waals surface area (Å²) < 4.78 is 0. The number of nitrogens with zero attached hydrogens (tertiary/aromatic N) is 2. The Balaban J connectivity index is 1.63. The van der Waals surface area contributed by atoms with Gasteiger partial charge in [-0.25, -0.2) is 4.98 Å². The van der Waals surface area contributed by atoms with Crippen LogP contribution in [-0.4, -0.2) is 34.7 Å². The van der Waals surface area contributed by atoms with Gasteiger partial charge < -0.3 is 5.73 Å². The first-order valence-corrected chi connectivity index (χ1v) is 10.1. The predicted molar refractivity (Wildman–Crippen MR) is 117 cm³/mol. The van der Waals surface area contributed by atoms with E-state index in [0.717, 1.165) is 42.1 Å². The van der Waals surface area contributed by atoms with Crippen LogP contribution >= 0.6 is 0 Å². The molecule has 1 aromatic heterocycles. The van der Waals surface area contributed by atoms with Crippen molar-refractivity contribution in [2.24, 2.45) is 0 Å². The highest BCUT2D eigenvalue weighted by Gasteiger charge is 2.29. The topological polar surface area (TPSA) is 66.0 Å². The molecule has 4 nitrogen and oxygen atoms in total. The summed E-state index contributed by atoms with van der Waals surface area (Å²) in [7, 11) is 0. The molecule has 0 radical (unpaired) electrons. The number of nitrogen functional groups attached to an aromatic ring is 1. The molecular formula is C24H28N4. The summed E-state index contributed by atoms with van der Waals surface area (Å²) in [6, 6.07) is 9.57. The third kappa shape index (κ3) is 3.78. The molecule has 1 aliphatic carbocycles. The van der Waals surface area contributed by atoms with Gasteiger partial charge in [-0.1, -0.05) is 36.9 Å². The lowest BCUT2D eigenvalue weighted by Crippen LogP contribution is -2.28. The Morgan fingerprint density at radius 2 is 1.93 bits per heavy atom. The number of rotatable bonds is 5. The van der Waals surface area contributed by atoms with Crippen molar-refractivity contribution in [1.29, 1.82) is 5.41 Å². The zero-order chi connectivity index (χ0) is 19.7. The van der Waals surface area contributed by atoms with Crippen molar-refractivity contribution in [3.63, 3.8) is 0 Å². The van der Waals surface area contributed by atoms with Crippen molar-refractivity contribution >= 4 is 11.5 Å². The van der Waals surface area contributed by atoms with E-state index in [2.05, 4.69) is 34.7 Å². The molecule has 4 heteroatoms. The minimum absolute atomic E-state index is 0.389. The van der Waals surface area contributed by atoms with E-state index in [9.17, 15) is 0 Å². The number of nitrogens with one attached hydrogen (secondary N) is 1. The molecule has 3 N–H and O–H groups in total. The van der Waals surface area contributed by atoms with Gasteiger partial charge in [0.15, 0.2) is 0 Å². The minimum Gasteiger partial charge on any atom is -0.383 e. The third-order valence-electron chi connectivity index (χ3n) is 5.89. The Morgan fingerprint density at radius 3 is 2.64 bits per heavy atom. The van der Waals surface area contributed by atoms with Crippen LogP contribution in [0.5, 0.6) is 0 Å². The molecule has 1 aliphatic heterocycles. The maximum absolute atomic E-state index is 8.45. The van der Waals surface area contributed by atoms with Gasteiger partial charge in [0.1, 0.15) is 5.82 Å². The first-order chi connectivity index (χ1) is 13.6. The number of allylic oxidation sites excluding steroid dienone is 3. The number of anilines is 1. The van der Waals surface area contributed by atoms with Gasteiger partial charge in [-0.3, -0.25) is 10.3 Å². The largest absolute Gasteiger partial charge is 0.383 e. The molecule has 28 heavy (non-hydrogen) atoms. The van der Waals surface area contributed by atoms with Crippen LogP contribution in [0.1, 0.15) is 36.5 Å². The number of pyridine rings is 1. The molecule has 0 spiro atoms. The van der Waals surface area contributed by atoms with Gasteiger partial charge in [0.25, 0.3) is 0 Å². The molecule has 2 aromatic rings. The molecule has 1 saturated carbocycles. The monoisotopic (exact) mass is 372 g/mol. The van der Waals surface area contributed by atoms with Crippen molar-refractivity contribution in [3.8, 4) is 11.1 Å². The van der Waals surface area contributed by atoms with E-state index in [1.807, 2.05) is 25.3 Å². The lowest BCUT2D eigenvalue weighted by Gasteiger charge is -2.18. The number of hydrogen-bond acceptors (Lipinski definition) is 4. The average Bonchev–Trinajstić information content (AvgIpc) is 3.54. The van der Waals surface area contributed by atoms with Gasteiger partial charge in [0.05, 0.1) is 5.71 Å². The van der Waals surface area contributed by atoms with Crippen LogP contribution in [0.2, 0.25) is 0 Å². The fourth-order valence-corrected chi connectivity index (χ4v) is 4.03. The van der Waals surface area contributed by atoms with Crippen molar-refractivity contribution in [2.75, 3.05) is 18.8 Å². The summed E-state index contributed by atoms with van der Waals surface area (Å²) >= 11 is 0. The Morgan fingerprint density at radius 1 is 1.18 bits per heavy atom. The Kier molecular flexibility index (Phi) is 5.14. The molecule has 0 atom stereocenters. The fourth-order valence-electron chi connectivity index (χ4n) is 4.03. The van der Waals surface area contributed by atoms with E-state index < -0.39 is 0 Å². The molecule has 0 unspecified atom stereocenters. The molecule has 2 heterocycles. The predicted octanol–water partition coefficient (Wildman–Crippen LogP) is 4.39. The zero-order valence-corrected chi connectivity index (χ0v) is 16.5. The smallest absolute Gasteiger partial charge is 0.132 e. The van der Waals surface area contributed by atoms with Gasteiger partial charge in [-0.2, -0.15) is 0 Å². The number of fused-ring (bicyclic) bond motifs is 1. The summed E-state index contributed by atoms with van der Waals surface area (Å²) in [5.74, 6) is 0.389. The van der Waals surface area contributed by atoms with Crippen molar-refractivity contribution in [2.45, 2.75) is 38.6 Å². The summed E-state index contributed by atoms with van der Waals surface area (Å²) in [5.41, 5.74) is 13.0. The van der Waals surface area contributed by atoms with E-state index in [4.69, 9.17) is 11.1 Å². The molecule has 1 fully saturated rings. The molecule has 0 saturated heterocycles. The summed E-state index contributed by atoms with van der Waals surface area (Å²) in [6.07, 6.45) is 10.3. The standard InChI is InChI=1S/C24H28N4/c1-3-4-16(2)23(25)22-14-20(15-27-24(22)26)18-6-5-17-9-11-28(21-7-8-21)12-10-19(17)13-18/h3-6,13-15,21,25H,1,7-12H2,2H3,(H2,26,27)/b16-4+,25-23?. The maximum Gasteiger partial charge on any atom is 0.132 e. The Labute approximate surface area is 167 Å². The van der Waals surface area contributed by atoms with Crippen LogP contribution in [0.3, 0.4) is 0 Å². The number of aromatic nitrogens is 1. The summed E-state index contributed by atoms with van der Waals surface area (Å²) in [5, 5.41) is 8.45. The van der Waals surface area contributed by atoms with Crippen LogP contribution in [0, 0.1) is 5.41 Å². The number of nitrogens with two attached hydrogens (primary N) is 1. The van der Waals surface area contributed by atoms with Crippen LogP contribution < -0.4 is 5.73 Å². The van der Waals surface area contributed by atoms with Crippen LogP contribution in [0.4, 0.5) is 5.82 Å². The van der Waals surface area contributed by atoms with Crippen molar-refractivity contribution in [1.82, 2.24) is 9.88 Å². The van der Waals surface area contributed by atoms with Crippen molar-refractivity contribution < 1.29 is 0 Å².